The molecule has 2 fully saturated rings. The van der Waals surface area contributed by atoms with Gasteiger partial charge < -0.3 is 4.74 Å². The third-order valence-electron chi connectivity index (χ3n) is 4.27. The standard InChI is InChI=1S/C14H18ClFN2O3S/c1-17-4-5-21-14-8-18(7-13(14)17)22(19,20)9-10-2-3-12(16)11(15)6-10/h2-3,6,13-14H,4-5,7-9H2,1H3/t13-,14-/m1/s1. The maximum absolute atomic E-state index is 13.2. The van der Waals surface area contributed by atoms with Gasteiger partial charge in [-0.1, -0.05) is 17.7 Å². The van der Waals surface area contributed by atoms with Crippen LogP contribution in [0.25, 0.3) is 0 Å². The van der Waals surface area contributed by atoms with Gasteiger partial charge in [-0.25, -0.2) is 12.8 Å². The van der Waals surface area contributed by atoms with Crippen LogP contribution in [0.15, 0.2) is 18.2 Å². The molecule has 2 aliphatic rings. The molecule has 2 saturated heterocycles. The molecule has 1 aromatic rings. The Labute approximate surface area is 134 Å². The Morgan fingerprint density at radius 3 is 2.86 bits per heavy atom. The zero-order valence-corrected chi connectivity index (χ0v) is 13.8. The summed E-state index contributed by atoms with van der Waals surface area (Å²) in [5, 5.41) is -0.0640. The van der Waals surface area contributed by atoms with Crippen molar-refractivity contribution in [3.05, 3.63) is 34.6 Å². The van der Waals surface area contributed by atoms with E-state index in [1.807, 2.05) is 7.05 Å². The molecular weight excluding hydrogens is 331 g/mol. The quantitative estimate of drug-likeness (QED) is 0.826. The molecule has 0 radical (unpaired) electrons. The number of halogens is 2. The van der Waals surface area contributed by atoms with E-state index in [1.165, 1.54) is 22.5 Å². The Kier molecular flexibility index (Phi) is 4.44. The van der Waals surface area contributed by atoms with E-state index in [0.29, 0.717) is 25.3 Å². The Morgan fingerprint density at radius 2 is 2.18 bits per heavy atom. The summed E-state index contributed by atoms with van der Waals surface area (Å²) in [5.41, 5.74) is 0.482. The highest BCUT2D eigenvalue weighted by molar-refractivity contribution is 7.88. The van der Waals surface area contributed by atoms with Gasteiger partial charge in [0.1, 0.15) is 5.82 Å². The monoisotopic (exact) mass is 348 g/mol. The van der Waals surface area contributed by atoms with E-state index in [0.717, 1.165) is 6.54 Å². The van der Waals surface area contributed by atoms with Crippen LogP contribution in [-0.2, 0) is 20.5 Å². The van der Waals surface area contributed by atoms with Gasteiger partial charge in [0.05, 0.1) is 29.5 Å². The van der Waals surface area contributed by atoms with Crippen molar-refractivity contribution in [1.82, 2.24) is 9.21 Å². The number of sulfonamides is 1. The van der Waals surface area contributed by atoms with Crippen LogP contribution in [-0.4, -0.2) is 63.1 Å². The van der Waals surface area contributed by atoms with Gasteiger partial charge in [-0.05, 0) is 24.7 Å². The first kappa shape index (κ1) is 16.1. The molecule has 0 spiro atoms. The minimum atomic E-state index is -3.48. The lowest BCUT2D eigenvalue weighted by atomic mass is 10.1. The minimum absolute atomic E-state index is 0.0640. The Balaban J connectivity index is 1.74. The maximum Gasteiger partial charge on any atom is 0.218 e. The van der Waals surface area contributed by atoms with Gasteiger partial charge >= 0.3 is 0 Å². The average Bonchev–Trinajstić information content (AvgIpc) is 2.89. The maximum atomic E-state index is 13.2. The number of rotatable bonds is 3. The number of ether oxygens (including phenoxy) is 1. The molecule has 2 aliphatic heterocycles. The molecule has 122 valence electrons. The van der Waals surface area contributed by atoms with Gasteiger partial charge in [-0.3, -0.25) is 4.90 Å². The number of fused-ring (bicyclic) bond motifs is 1. The second kappa shape index (κ2) is 6.05. The smallest absolute Gasteiger partial charge is 0.218 e. The van der Waals surface area contributed by atoms with Crippen molar-refractivity contribution in [1.29, 1.82) is 0 Å². The fourth-order valence-electron chi connectivity index (χ4n) is 2.98. The number of likely N-dealkylation sites (N-methyl/N-ethyl adjacent to an activating group) is 1. The minimum Gasteiger partial charge on any atom is -0.374 e. The molecule has 0 aromatic heterocycles. The molecular formula is C14H18ClFN2O3S. The summed E-state index contributed by atoms with van der Waals surface area (Å²) in [6.07, 6.45) is -0.0784. The van der Waals surface area contributed by atoms with Crippen molar-refractivity contribution in [2.45, 2.75) is 17.9 Å². The van der Waals surface area contributed by atoms with Gasteiger partial charge in [0.25, 0.3) is 0 Å². The molecule has 5 nitrogen and oxygen atoms in total. The van der Waals surface area contributed by atoms with Crippen LogP contribution in [0.1, 0.15) is 5.56 Å². The molecule has 22 heavy (non-hydrogen) atoms. The summed E-state index contributed by atoms with van der Waals surface area (Å²) < 4.78 is 45.4. The second-order valence-electron chi connectivity index (χ2n) is 5.78. The zero-order valence-electron chi connectivity index (χ0n) is 12.2. The number of hydrogen-bond donors (Lipinski definition) is 0. The first-order chi connectivity index (χ1) is 10.4. The van der Waals surface area contributed by atoms with Crippen molar-refractivity contribution in [3.8, 4) is 0 Å². The van der Waals surface area contributed by atoms with Crippen LogP contribution in [0, 0.1) is 5.82 Å². The second-order valence-corrected chi connectivity index (χ2v) is 8.15. The molecule has 0 N–H and O–H groups in total. The number of morpholine rings is 1. The SMILES string of the molecule is CN1CCO[C@@H]2CN(S(=O)(=O)Cc3ccc(F)c(Cl)c3)C[C@H]21. The fourth-order valence-corrected chi connectivity index (χ4v) is 4.72. The van der Waals surface area contributed by atoms with Crippen molar-refractivity contribution >= 4 is 21.6 Å². The lowest BCUT2D eigenvalue weighted by Gasteiger charge is -2.33. The molecule has 1 aromatic carbocycles. The van der Waals surface area contributed by atoms with Crippen molar-refractivity contribution < 1.29 is 17.5 Å². The first-order valence-electron chi connectivity index (χ1n) is 7.10. The average molecular weight is 349 g/mol. The molecule has 0 saturated carbocycles. The molecule has 0 aliphatic carbocycles. The van der Waals surface area contributed by atoms with E-state index in [9.17, 15) is 12.8 Å². The van der Waals surface area contributed by atoms with Crippen LogP contribution in [0.3, 0.4) is 0 Å². The highest BCUT2D eigenvalue weighted by Gasteiger charge is 2.42. The van der Waals surface area contributed by atoms with E-state index < -0.39 is 15.8 Å². The van der Waals surface area contributed by atoms with Crippen LogP contribution in [0.4, 0.5) is 4.39 Å². The third-order valence-corrected chi connectivity index (χ3v) is 6.34. The summed E-state index contributed by atoms with van der Waals surface area (Å²) in [6.45, 7) is 2.23. The number of nitrogens with zero attached hydrogens (tertiary/aromatic N) is 2. The number of benzene rings is 1. The van der Waals surface area contributed by atoms with Gasteiger partial charge in [-0.2, -0.15) is 4.31 Å². The molecule has 2 heterocycles. The van der Waals surface area contributed by atoms with E-state index in [-0.39, 0.29) is 22.9 Å². The van der Waals surface area contributed by atoms with Crippen LogP contribution >= 0.6 is 11.6 Å². The van der Waals surface area contributed by atoms with Crippen molar-refractivity contribution in [2.75, 3.05) is 33.3 Å². The topological polar surface area (TPSA) is 49.9 Å². The van der Waals surface area contributed by atoms with Crippen LogP contribution < -0.4 is 0 Å². The van der Waals surface area contributed by atoms with Crippen molar-refractivity contribution in [3.63, 3.8) is 0 Å². The first-order valence-corrected chi connectivity index (χ1v) is 9.09. The van der Waals surface area contributed by atoms with E-state index in [1.54, 1.807) is 0 Å². The molecule has 2 atom stereocenters. The number of hydrogen-bond acceptors (Lipinski definition) is 4. The summed E-state index contributed by atoms with van der Waals surface area (Å²) in [4.78, 5) is 2.14. The van der Waals surface area contributed by atoms with E-state index in [4.69, 9.17) is 16.3 Å². The Hall–Kier alpha value is -0.730. The van der Waals surface area contributed by atoms with E-state index >= 15 is 0 Å². The third kappa shape index (κ3) is 3.14. The summed E-state index contributed by atoms with van der Waals surface area (Å²) >= 11 is 5.71. The Bertz CT molecular complexity index is 670. The highest BCUT2D eigenvalue weighted by atomic mass is 35.5. The largest absolute Gasteiger partial charge is 0.374 e. The predicted octanol–water partition coefficient (Wildman–Crippen LogP) is 1.32. The molecule has 0 unspecified atom stereocenters. The molecule has 3 rings (SSSR count). The Morgan fingerprint density at radius 1 is 1.41 bits per heavy atom. The molecule has 0 amide bonds. The normalized spacial score (nSPS) is 27.0. The van der Waals surface area contributed by atoms with Crippen LogP contribution in [0.5, 0.6) is 0 Å². The summed E-state index contributed by atoms with van der Waals surface area (Å²) in [7, 11) is -1.50. The van der Waals surface area contributed by atoms with Gasteiger partial charge in [0.15, 0.2) is 0 Å². The van der Waals surface area contributed by atoms with Crippen molar-refractivity contribution in [2.24, 2.45) is 0 Å². The van der Waals surface area contributed by atoms with Gasteiger partial charge in [0, 0.05) is 19.6 Å². The zero-order chi connectivity index (χ0) is 15.9. The molecule has 0 bridgehead atoms. The van der Waals surface area contributed by atoms with E-state index in [2.05, 4.69) is 4.90 Å². The van der Waals surface area contributed by atoms with Gasteiger partial charge in [0.2, 0.25) is 10.0 Å². The lowest BCUT2D eigenvalue weighted by molar-refractivity contribution is -0.0366. The predicted molar refractivity (Wildman–Crippen MR) is 81.8 cm³/mol. The summed E-state index contributed by atoms with van der Waals surface area (Å²) in [6, 6.07) is 4.10. The van der Waals surface area contributed by atoms with Gasteiger partial charge in [-0.15, -0.1) is 0 Å². The lowest BCUT2D eigenvalue weighted by Crippen LogP contribution is -2.48. The van der Waals surface area contributed by atoms with Crippen LogP contribution in [0.2, 0.25) is 5.02 Å². The highest BCUT2D eigenvalue weighted by Crippen LogP contribution is 2.26. The fraction of sp³-hybridized carbons (Fsp3) is 0.571. The summed E-state index contributed by atoms with van der Waals surface area (Å²) in [5.74, 6) is -0.735. The molecule has 8 heteroatoms.